The quantitative estimate of drug-likeness (QED) is 0.113. The number of nitrogens with zero attached hydrogens (tertiary/aromatic N) is 1. The Morgan fingerprint density at radius 1 is 0.887 bits per heavy atom. The van der Waals surface area contributed by atoms with Crippen molar-refractivity contribution in [2.24, 2.45) is 5.92 Å². The van der Waals surface area contributed by atoms with E-state index >= 15 is 0 Å². The second-order valence-corrected chi connectivity index (χ2v) is 15.0. The predicted molar refractivity (Wildman–Crippen MR) is 206 cm³/mol. The summed E-state index contributed by atoms with van der Waals surface area (Å²) in [4.78, 5) is 28.2. The third-order valence-corrected chi connectivity index (χ3v) is 10.6. The first-order chi connectivity index (χ1) is 25.5. The topological polar surface area (TPSA) is 116 Å². The SMILES string of the molecule is COCCCc1cc(CN(C(=O)[C@H]2CNCC[C@@H]2c2ccc(OCCOc3c(Cl)cc(C)cc3Cl)cc2)C2CC2)cc(OCC[C@@](C)(OC)C(=O)O)c1. The summed E-state index contributed by atoms with van der Waals surface area (Å²) in [5.41, 5.74) is 2.81. The van der Waals surface area contributed by atoms with Crippen LogP contribution < -0.4 is 19.5 Å². The molecule has 1 saturated carbocycles. The largest absolute Gasteiger partial charge is 0.493 e. The van der Waals surface area contributed by atoms with Crippen molar-refractivity contribution in [2.75, 3.05) is 53.7 Å². The summed E-state index contributed by atoms with van der Waals surface area (Å²) in [5.74, 6) is 0.789. The smallest absolute Gasteiger partial charge is 0.335 e. The molecular formula is C41H52Cl2N2O8. The highest BCUT2D eigenvalue weighted by Gasteiger charge is 2.40. The predicted octanol–water partition coefficient (Wildman–Crippen LogP) is 7.48. The number of carbonyl (C=O) groups is 2. The summed E-state index contributed by atoms with van der Waals surface area (Å²) in [6.07, 6.45) is 4.63. The van der Waals surface area contributed by atoms with Crippen LogP contribution in [-0.4, -0.2) is 87.3 Å². The molecule has 2 N–H and O–H groups in total. The van der Waals surface area contributed by atoms with Gasteiger partial charge in [-0.2, -0.15) is 0 Å². The molecule has 5 rings (SSSR count). The maximum atomic E-state index is 14.5. The normalized spacial score (nSPS) is 18.2. The highest BCUT2D eigenvalue weighted by Crippen LogP contribution is 2.38. The number of carboxylic acid groups (broad SMARTS) is 1. The Hall–Kier alpha value is -3.54. The molecule has 0 bridgehead atoms. The fourth-order valence-electron chi connectivity index (χ4n) is 6.77. The van der Waals surface area contributed by atoms with E-state index in [0.717, 1.165) is 60.9 Å². The van der Waals surface area contributed by atoms with Gasteiger partial charge in [0.1, 0.15) is 24.7 Å². The molecule has 1 heterocycles. The zero-order valence-corrected chi connectivity index (χ0v) is 32.6. The summed E-state index contributed by atoms with van der Waals surface area (Å²) in [6, 6.07) is 18.0. The molecule has 1 aliphatic carbocycles. The van der Waals surface area contributed by atoms with Gasteiger partial charge < -0.3 is 39.0 Å². The lowest BCUT2D eigenvalue weighted by molar-refractivity contribution is -0.161. The summed E-state index contributed by atoms with van der Waals surface area (Å²) in [6.45, 7) is 6.80. The van der Waals surface area contributed by atoms with Crippen molar-refractivity contribution in [3.8, 4) is 17.2 Å². The van der Waals surface area contributed by atoms with Crippen LogP contribution in [-0.2, 0) is 32.0 Å². The number of aryl methyl sites for hydroxylation is 2. The number of piperidine rings is 1. The lowest BCUT2D eigenvalue weighted by Gasteiger charge is -2.36. The number of amides is 1. The maximum absolute atomic E-state index is 14.5. The second kappa shape index (κ2) is 19.2. The zero-order valence-electron chi connectivity index (χ0n) is 31.1. The number of hydrogen-bond donors (Lipinski definition) is 2. The van der Waals surface area contributed by atoms with Gasteiger partial charge in [-0.3, -0.25) is 4.79 Å². The number of ether oxygens (including phenoxy) is 5. The van der Waals surface area contributed by atoms with Gasteiger partial charge in [0.05, 0.1) is 22.6 Å². The number of halogens is 2. The lowest BCUT2D eigenvalue weighted by atomic mass is 9.80. The third-order valence-electron chi connectivity index (χ3n) is 10.1. The Kier molecular flexibility index (Phi) is 14.7. The number of nitrogens with one attached hydrogen (secondary N) is 1. The minimum absolute atomic E-state index is 0.0665. The van der Waals surface area contributed by atoms with Crippen molar-refractivity contribution in [1.29, 1.82) is 0 Å². The molecular weight excluding hydrogens is 719 g/mol. The molecule has 0 spiro atoms. The number of aliphatic carboxylic acids is 1. The van der Waals surface area contributed by atoms with Gasteiger partial charge in [0.15, 0.2) is 11.4 Å². The third kappa shape index (κ3) is 11.2. The van der Waals surface area contributed by atoms with Gasteiger partial charge in [-0.15, -0.1) is 0 Å². The molecule has 0 unspecified atom stereocenters. The first-order valence-corrected chi connectivity index (χ1v) is 19.1. The summed E-state index contributed by atoms with van der Waals surface area (Å²) >= 11 is 12.6. The standard InChI is InChI=1S/C41H52Cl2N2O8/c1-27-20-36(42)38(37(43)21-27)53-19-18-52-32-11-7-30(8-12-32)34-13-15-44-25-35(34)39(46)45(31-9-10-31)26-29-22-28(6-5-16-49-3)23-33(24-29)51-17-14-41(2,50-4)40(47)48/h7-8,11-12,20-24,31,34-35,44H,5-6,9-10,13-19,25-26H2,1-4H3,(H,47,48)/t34-,35+,41-/m1/s1. The molecule has 12 heteroatoms. The van der Waals surface area contributed by atoms with E-state index in [1.165, 1.54) is 14.0 Å². The number of methoxy groups -OCH3 is 2. The van der Waals surface area contributed by atoms with Gasteiger partial charge in [0.25, 0.3) is 0 Å². The molecule has 3 aromatic carbocycles. The lowest BCUT2D eigenvalue weighted by Crippen LogP contribution is -2.47. The number of hydrogen-bond acceptors (Lipinski definition) is 8. The van der Waals surface area contributed by atoms with Crippen molar-refractivity contribution in [1.82, 2.24) is 10.2 Å². The van der Waals surface area contributed by atoms with Crippen LogP contribution in [0.25, 0.3) is 0 Å². The van der Waals surface area contributed by atoms with Gasteiger partial charge in [-0.25, -0.2) is 4.79 Å². The van der Waals surface area contributed by atoms with E-state index < -0.39 is 11.6 Å². The molecule has 288 valence electrons. The van der Waals surface area contributed by atoms with Gasteiger partial charge in [0.2, 0.25) is 5.91 Å². The van der Waals surface area contributed by atoms with Gasteiger partial charge in [-0.05, 0) is 117 Å². The van der Waals surface area contributed by atoms with E-state index in [1.54, 1.807) is 7.11 Å². The van der Waals surface area contributed by atoms with Crippen LogP contribution in [0.5, 0.6) is 17.2 Å². The molecule has 53 heavy (non-hydrogen) atoms. The highest BCUT2D eigenvalue weighted by atomic mass is 35.5. The summed E-state index contributed by atoms with van der Waals surface area (Å²) in [7, 11) is 3.08. The van der Waals surface area contributed by atoms with Gasteiger partial charge >= 0.3 is 5.97 Å². The number of carbonyl (C=O) groups excluding carboxylic acids is 1. The molecule has 1 amide bonds. The highest BCUT2D eigenvalue weighted by molar-refractivity contribution is 6.37. The van der Waals surface area contributed by atoms with Crippen LogP contribution in [0.3, 0.4) is 0 Å². The summed E-state index contributed by atoms with van der Waals surface area (Å²) < 4.78 is 28.4. The van der Waals surface area contributed by atoms with E-state index in [2.05, 4.69) is 28.4 Å². The van der Waals surface area contributed by atoms with Crippen molar-refractivity contribution >= 4 is 35.1 Å². The van der Waals surface area contributed by atoms with Crippen LogP contribution >= 0.6 is 23.2 Å². The van der Waals surface area contributed by atoms with E-state index in [4.69, 9.17) is 46.9 Å². The Morgan fingerprint density at radius 3 is 2.23 bits per heavy atom. The van der Waals surface area contributed by atoms with Crippen LogP contribution in [0.15, 0.2) is 54.6 Å². The van der Waals surface area contributed by atoms with Crippen LogP contribution in [0, 0.1) is 12.8 Å². The molecule has 1 aliphatic heterocycles. The molecule has 0 radical (unpaired) electrons. The fraction of sp³-hybridized carbons (Fsp3) is 0.512. The Bertz CT molecular complexity index is 1660. The molecule has 1 saturated heterocycles. The number of benzene rings is 3. The van der Waals surface area contributed by atoms with E-state index in [9.17, 15) is 14.7 Å². The minimum Gasteiger partial charge on any atom is -0.493 e. The average molecular weight is 772 g/mol. The fourth-order valence-corrected chi connectivity index (χ4v) is 7.47. The average Bonchev–Trinajstić information content (AvgIpc) is 3.99. The molecule has 0 aromatic heterocycles. The first-order valence-electron chi connectivity index (χ1n) is 18.4. The number of rotatable bonds is 20. The van der Waals surface area contributed by atoms with E-state index in [1.807, 2.05) is 43.3 Å². The molecule has 3 aromatic rings. The Balaban J connectivity index is 1.24. The molecule has 2 aliphatic rings. The molecule has 10 nitrogen and oxygen atoms in total. The Labute approximate surface area is 323 Å². The summed E-state index contributed by atoms with van der Waals surface area (Å²) in [5, 5.41) is 14.0. The Morgan fingerprint density at radius 2 is 1.57 bits per heavy atom. The van der Waals surface area contributed by atoms with Crippen molar-refractivity contribution in [3.63, 3.8) is 0 Å². The van der Waals surface area contributed by atoms with Crippen LogP contribution in [0.1, 0.15) is 67.2 Å². The molecule has 3 atom stereocenters. The van der Waals surface area contributed by atoms with Gasteiger partial charge in [-0.1, -0.05) is 41.4 Å². The van der Waals surface area contributed by atoms with Crippen molar-refractivity contribution in [3.05, 3.63) is 86.9 Å². The van der Waals surface area contributed by atoms with E-state index in [-0.39, 0.29) is 43.4 Å². The van der Waals surface area contributed by atoms with E-state index in [0.29, 0.717) is 53.6 Å². The first kappa shape index (κ1) is 40.6. The molecule has 2 fully saturated rings. The van der Waals surface area contributed by atoms with Crippen LogP contribution in [0.2, 0.25) is 10.0 Å². The maximum Gasteiger partial charge on any atom is 0.335 e. The van der Waals surface area contributed by atoms with Gasteiger partial charge in [0, 0.05) is 46.4 Å². The van der Waals surface area contributed by atoms with Crippen LogP contribution in [0.4, 0.5) is 0 Å². The minimum atomic E-state index is -1.34. The van der Waals surface area contributed by atoms with Crippen molar-refractivity contribution in [2.45, 2.75) is 76.5 Å². The van der Waals surface area contributed by atoms with Crippen molar-refractivity contribution < 1.29 is 38.4 Å². The second-order valence-electron chi connectivity index (χ2n) is 14.1. The monoisotopic (exact) mass is 770 g/mol. The number of carboxylic acids is 1. The zero-order chi connectivity index (χ0) is 38.0.